The van der Waals surface area contributed by atoms with Gasteiger partial charge in [-0.15, -0.1) is 0 Å². The third kappa shape index (κ3) is 4.54. The van der Waals surface area contributed by atoms with Gasteiger partial charge in [0.05, 0.1) is 5.25 Å². The van der Waals surface area contributed by atoms with E-state index < -0.39 is 22.0 Å². The first kappa shape index (κ1) is 16.0. The molecular formula is C15H21NO4S. The highest BCUT2D eigenvalue weighted by atomic mass is 32.2. The molecule has 6 heteroatoms. The highest BCUT2D eigenvalue weighted by molar-refractivity contribution is 7.90. The van der Waals surface area contributed by atoms with Gasteiger partial charge in [-0.25, -0.2) is 13.1 Å². The summed E-state index contributed by atoms with van der Waals surface area (Å²) in [5.41, 5.74) is 0.806. The zero-order valence-corrected chi connectivity index (χ0v) is 12.7. The second-order valence-corrected chi connectivity index (χ2v) is 7.46. The molecule has 0 spiro atoms. The molecule has 2 rings (SSSR count). The molecule has 0 aliphatic heterocycles. The fourth-order valence-electron chi connectivity index (χ4n) is 2.74. The molecule has 0 bridgehead atoms. The van der Waals surface area contributed by atoms with Crippen LogP contribution in [-0.2, 0) is 14.8 Å². The first-order valence-electron chi connectivity index (χ1n) is 7.27. The summed E-state index contributed by atoms with van der Waals surface area (Å²) in [5, 5.41) is 8.50. The van der Waals surface area contributed by atoms with E-state index >= 15 is 0 Å². The van der Waals surface area contributed by atoms with Crippen LogP contribution < -0.4 is 4.72 Å². The largest absolute Gasteiger partial charge is 0.481 e. The van der Waals surface area contributed by atoms with Crippen LogP contribution in [-0.4, -0.2) is 24.7 Å². The van der Waals surface area contributed by atoms with Gasteiger partial charge in [-0.05, 0) is 24.8 Å². The molecular weight excluding hydrogens is 290 g/mol. The van der Waals surface area contributed by atoms with Crippen LogP contribution in [0.3, 0.4) is 0 Å². The van der Waals surface area contributed by atoms with Crippen molar-refractivity contribution in [2.75, 3.05) is 0 Å². The first-order valence-corrected chi connectivity index (χ1v) is 8.81. The predicted octanol–water partition coefficient (Wildman–Crippen LogP) is 2.45. The van der Waals surface area contributed by atoms with E-state index in [1.807, 2.05) is 30.3 Å². The standard InChI is InChI=1S/C15H21NO4S/c17-15(18)11-10-14(12-6-2-1-3-7-12)16-21(19,20)13-8-4-5-9-13/h1-3,6-7,13-14,16H,4-5,8-11H2,(H,17,18). The summed E-state index contributed by atoms with van der Waals surface area (Å²) < 4.78 is 27.5. The summed E-state index contributed by atoms with van der Waals surface area (Å²) in [7, 11) is -3.40. The number of aliphatic carboxylic acids is 1. The second-order valence-electron chi connectivity index (χ2n) is 5.47. The Hall–Kier alpha value is -1.40. The molecule has 21 heavy (non-hydrogen) atoms. The van der Waals surface area contributed by atoms with Gasteiger partial charge < -0.3 is 5.11 Å². The normalized spacial score (nSPS) is 17.7. The van der Waals surface area contributed by atoms with E-state index in [1.54, 1.807) is 0 Å². The summed E-state index contributed by atoms with van der Waals surface area (Å²) >= 11 is 0. The molecule has 0 heterocycles. The van der Waals surface area contributed by atoms with Crippen LogP contribution in [0.5, 0.6) is 0 Å². The number of hydrogen-bond acceptors (Lipinski definition) is 3. The molecule has 1 aliphatic rings. The molecule has 1 atom stereocenters. The lowest BCUT2D eigenvalue weighted by molar-refractivity contribution is -0.137. The molecule has 1 aromatic rings. The lowest BCUT2D eigenvalue weighted by Gasteiger charge is -2.21. The Labute approximate surface area is 125 Å². The second kappa shape index (κ2) is 7.04. The number of hydrogen-bond donors (Lipinski definition) is 2. The van der Waals surface area contributed by atoms with Crippen LogP contribution in [0.4, 0.5) is 0 Å². The number of carboxylic acid groups (broad SMARTS) is 1. The Balaban J connectivity index is 2.13. The Morgan fingerprint density at radius 2 is 1.86 bits per heavy atom. The Bertz CT molecular complexity index is 565. The van der Waals surface area contributed by atoms with E-state index in [9.17, 15) is 13.2 Å². The molecule has 1 fully saturated rings. The van der Waals surface area contributed by atoms with E-state index in [2.05, 4.69) is 4.72 Å². The summed E-state index contributed by atoms with van der Waals surface area (Å²) in [6, 6.07) is 8.67. The van der Waals surface area contributed by atoms with Crippen molar-refractivity contribution >= 4 is 16.0 Å². The van der Waals surface area contributed by atoms with E-state index in [1.165, 1.54) is 0 Å². The highest BCUT2D eigenvalue weighted by Crippen LogP contribution is 2.27. The average Bonchev–Trinajstić information content (AvgIpc) is 2.99. The molecule has 5 nitrogen and oxygen atoms in total. The van der Waals surface area contributed by atoms with Gasteiger partial charge in [0.25, 0.3) is 0 Å². The minimum absolute atomic E-state index is 0.0628. The number of rotatable bonds is 7. The van der Waals surface area contributed by atoms with Gasteiger partial charge in [-0.2, -0.15) is 0 Å². The fourth-order valence-corrected chi connectivity index (χ4v) is 4.54. The maximum Gasteiger partial charge on any atom is 0.303 e. The van der Waals surface area contributed by atoms with E-state index in [0.717, 1.165) is 18.4 Å². The summed E-state index contributed by atoms with van der Waals surface area (Å²) in [6.07, 6.45) is 3.46. The lowest BCUT2D eigenvalue weighted by Crippen LogP contribution is -2.35. The third-order valence-corrected chi connectivity index (χ3v) is 5.86. The first-order chi connectivity index (χ1) is 9.99. The van der Waals surface area contributed by atoms with Crippen LogP contribution in [0, 0.1) is 0 Å². The fraction of sp³-hybridized carbons (Fsp3) is 0.533. The van der Waals surface area contributed by atoms with Crippen LogP contribution in [0.2, 0.25) is 0 Å². The van der Waals surface area contributed by atoms with Crippen LogP contribution in [0.25, 0.3) is 0 Å². The number of benzene rings is 1. The van der Waals surface area contributed by atoms with Crippen molar-refractivity contribution in [2.24, 2.45) is 0 Å². The minimum atomic E-state index is -3.40. The van der Waals surface area contributed by atoms with Crippen molar-refractivity contribution in [1.29, 1.82) is 0 Å². The van der Waals surface area contributed by atoms with Gasteiger partial charge in [0.1, 0.15) is 0 Å². The molecule has 0 aromatic heterocycles. The maximum absolute atomic E-state index is 12.4. The van der Waals surface area contributed by atoms with Crippen LogP contribution in [0.15, 0.2) is 30.3 Å². The molecule has 2 N–H and O–H groups in total. The number of carboxylic acids is 1. The highest BCUT2D eigenvalue weighted by Gasteiger charge is 2.31. The van der Waals surface area contributed by atoms with Crippen molar-refractivity contribution in [3.8, 4) is 0 Å². The van der Waals surface area contributed by atoms with Gasteiger partial charge in [0.15, 0.2) is 0 Å². The zero-order valence-electron chi connectivity index (χ0n) is 11.9. The van der Waals surface area contributed by atoms with Crippen molar-refractivity contribution < 1.29 is 18.3 Å². The molecule has 1 aliphatic carbocycles. The Morgan fingerprint density at radius 1 is 1.24 bits per heavy atom. The molecule has 1 saturated carbocycles. The average molecular weight is 311 g/mol. The van der Waals surface area contributed by atoms with Crippen LogP contribution in [0.1, 0.15) is 50.1 Å². The Morgan fingerprint density at radius 3 is 2.43 bits per heavy atom. The predicted molar refractivity (Wildman–Crippen MR) is 80.4 cm³/mol. The van der Waals surface area contributed by atoms with Crippen molar-refractivity contribution in [2.45, 2.75) is 49.8 Å². The topological polar surface area (TPSA) is 83.5 Å². The molecule has 0 amide bonds. The van der Waals surface area contributed by atoms with Gasteiger partial charge in [-0.3, -0.25) is 4.79 Å². The summed E-state index contributed by atoms with van der Waals surface area (Å²) in [6.45, 7) is 0. The smallest absolute Gasteiger partial charge is 0.303 e. The van der Waals surface area contributed by atoms with Crippen molar-refractivity contribution in [3.63, 3.8) is 0 Å². The SMILES string of the molecule is O=C(O)CCC(NS(=O)(=O)C1CCCC1)c1ccccc1. The monoisotopic (exact) mass is 311 g/mol. The minimum Gasteiger partial charge on any atom is -0.481 e. The van der Waals surface area contributed by atoms with E-state index in [4.69, 9.17) is 5.11 Å². The number of sulfonamides is 1. The molecule has 1 aromatic carbocycles. The maximum atomic E-state index is 12.4. The molecule has 116 valence electrons. The quantitative estimate of drug-likeness (QED) is 0.810. The van der Waals surface area contributed by atoms with Gasteiger partial charge in [0.2, 0.25) is 10.0 Å². The van der Waals surface area contributed by atoms with E-state index in [0.29, 0.717) is 12.8 Å². The van der Waals surface area contributed by atoms with Gasteiger partial charge in [-0.1, -0.05) is 43.2 Å². The van der Waals surface area contributed by atoms with E-state index in [-0.39, 0.29) is 18.1 Å². The van der Waals surface area contributed by atoms with Gasteiger partial charge >= 0.3 is 5.97 Å². The number of nitrogens with one attached hydrogen (secondary N) is 1. The van der Waals surface area contributed by atoms with Crippen LogP contribution >= 0.6 is 0 Å². The summed E-state index contributed by atoms with van der Waals surface area (Å²) in [5.74, 6) is -0.920. The lowest BCUT2D eigenvalue weighted by atomic mass is 10.0. The molecule has 0 radical (unpaired) electrons. The molecule has 0 saturated heterocycles. The third-order valence-electron chi connectivity index (χ3n) is 3.90. The molecule has 1 unspecified atom stereocenters. The zero-order chi connectivity index (χ0) is 15.3. The van der Waals surface area contributed by atoms with Crippen molar-refractivity contribution in [3.05, 3.63) is 35.9 Å². The summed E-state index contributed by atoms with van der Waals surface area (Å²) in [4.78, 5) is 10.8. The van der Waals surface area contributed by atoms with Gasteiger partial charge in [0, 0.05) is 12.5 Å². The van der Waals surface area contributed by atoms with Crippen molar-refractivity contribution in [1.82, 2.24) is 4.72 Å². The number of carbonyl (C=O) groups is 1. The Kier molecular flexibility index (Phi) is 5.36.